The molecule has 4 aromatic rings. The second-order valence-electron chi connectivity index (χ2n) is 5.44. The van der Waals surface area contributed by atoms with E-state index in [1.54, 1.807) is 17.7 Å². The van der Waals surface area contributed by atoms with Gasteiger partial charge >= 0.3 is 0 Å². The van der Waals surface area contributed by atoms with Crippen molar-refractivity contribution in [2.45, 2.75) is 31.3 Å². The van der Waals surface area contributed by atoms with Crippen molar-refractivity contribution in [3.8, 4) is 10.4 Å². The second-order valence-corrected chi connectivity index (χ2v) is 8.53. The van der Waals surface area contributed by atoms with Gasteiger partial charge in [-0.05, 0) is 26.0 Å². The summed E-state index contributed by atoms with van der Waals surface area (Å²) in [5.74, 6) is 1.21. The van der Waals surface area contributed by atoms with Crippen molar-refractivity contribution in [1.82, 2.24) is 24.7 Å². The minimum Gasteiger partial charge on any atom is -0.309 e. The third-order valence-electron chi connectivity index (χ3n) is 3.76. The molecule has 4 heterocycles. The molecule has 0 aliphatic heterocycles. The van der Waals surface area contributed by atoms with Crippen molar-refractivity contribution in [2.24, 2.45) is 0 Å². The molecule has 128 valence electrons. The third-order valence-corrected chi connectivity index (χ3v) is 6.66. The van der Waals surface area contributed by atoms with Gasteiger partial charge in [-0.15, -0.1) is 32.9 Å². The number of thiophene rings is 2. The highest BCUT2D eigenvalue weighted by atomic mass is 32.2. The summed E-state index contributed by atoms with van der Waals surface area (Å²) in [6.45, 7) is 4.92. The summed E-state index contributed by atoms with van der Waals surface area (Å²) in [6, 6.07) is 4.13. The number of thioether (sulfide) groups is 1. The maximum Gasteiger partial charge on any atom is 0.260 e. The first-order valence-electron chi connectivity index (χ1n) is 7.73. The number of aryl methyl sites for hydroxylation is 2. The molecular weight excluding hydrogens is 374 g/mol. The summed E-state index contributed by atoms with van der Waals surface area (Å²) in [5.41, 5.74) is 0.886. The Morgan fingerprint density at radius 2 is 2.24 bits per heavy atom. The highest BCUT2D eigenvalue weighted by Crippen LogP contribution is 2.35. The average Bonchev–Trinajstić information content (AvgIpc) is 3.31. The maximum absolute atomic E-state index is 12.6. The van der Waals surface area contributed by atoms with E-state index in [0.717, 1.165) is 27.0 Å². The van der Waals surface area contributed by atoms with E-state index in [1.165, 1.54) is 28.0 Å². The van der Waals surface area contributed by atoms with Crippen LogP contribution in [0, 0.1) is 6.92 Å². The molecule has 0 radical (unpaired) electrons. The molecular formula is C16H15N5OS3. The molecule has 1 N–H and O–H groups in total. The Hall–Kier alpha value is -1.97. The van der Waals surface area contributed by atoms with Crippen LogP contribution in [0.1, 0.15) is 17.6 Å². The fourth-order valence-corrected chi connectivity index (χ4v) is 5.30. The minimum absolute atomic E-state index is 0.0835. The van der Waals surface area contributed by atoms with Crippen LogP contribution in [0.3, 0.4) is 0 Å². The average molecular weight is 390 g/mol. The van der Waals surface area contributed by atoms with Gasteiger partial charge in [-0.3, -0.25) is 4.79 Å². The highest BCUT2D eigenvalue weighted by Gasteiger charge is 2.14. The third kappa shape index (κ3) is 3.14. The number of hydrogen-bond acceptors (Lipinski definition) is 7. The quantitative estimate of drug-likeness (QED) is 0.524. The van der Waals surface area contributed by atoms with Crippen molar-refractivity contribution < 1.29 is 0 Å². The lowest BCUT2D eigenvalue weighted by Crippen LogP contribution is -2.10. The molecule has 0 aromatic carbocycles. The number of hydrogen-bond donors (Lipinski definition) is 1. The lowest BCUT2D eigenvalue weighted by atomic mass is 10.2. The highest BCUT2D eigenvalue weighted by molar-refractivity contribution is 7.98. The Morgan fingerprint density at radius 3 is 3.00 bits per heavy atom. The normalized spacial score (nSPS) is 11.4. The van der Waals surface area contributed by atoms with E-state index in [-0.39, 0.29) is 5.56 Å². The fraction of sp³-hybridized carbons (Fsp3) is 0.250. The van der Waals surface area contributed by atoms with Crippen LogP contribution in [0.15, 0.2) is 33.8 Å². The van der Waals surface area contributed by atoms with Crippen LogP contribution >= 0.6 is 34.4 Å². The molecule has 25 heavy (non-hydrogen) atoms. The zero-order valence-electron chi connectivity index (χ0n) is 13.6. The van der Waals surface area contributed by atoms with Gasteiger partial charge < -0.3 is 9.55 Å². The topological polar surface area (TPSA) is 76.5 Å². The lowest BCUT2D eigenvalue weighted by molar-refractivity contribution is 0.681. The van der Waals surface area contributed by atoms with Crippen molar-refractivity contribution in [3.05, 3.63) is 44.9 Å². The molecule has 0 spiro atoms. The monoisotopic (exact) mass is 389 g/mol. The molecule has 9 heteroatoms. The summed E-state index contributed by atoms with van der Waals surface area (Å²) >= 11 is 4.72. The fourth-order valence-electron chi connectivity index (χ4n) is 2.53. The lowest BCUT2D eigenvalue weighted by Gasteiger charge is -2.03. The van der Waals surface area contributed by atoms with Crippen LogP contribution < -0.4 is 5.56 Å². The Morgan fingerprint density at radius 1 is 1.36 bits per heavy atom. The Kier molecular flexibility index (Phi) is 4.45. The first-order chi connectivity index (χ1) is 12.2. The van der Waals surface area contributed by atoms with Crippen LogP contribution in [0.25, 0.3) is 20.7 Å². The van der Waals surface area contributed by atoms with Gasteiger partial charge in [0.25, 0.3) is 5.56 Å². The van der Waals surface area contributed by atoms with Crippen molar-refractivity contribution >= 4 is 44.7 Å². The van der Waals surface area contributed by atoms with Gasteiger partial charge in [0.15, 0.2) is 5.16 Å². The molecule has 0 atom stereocenters. The Balaban J connectivity index is 1.65. The molecule has 0 fully saturated rings. The van der Waals surface area contributed by atoms with Gasteiger partial charge in [0.2, 0.25) is 0 Å². The van der Waals surface area contributed by atoms with Gasteiger partial charge in [0.1, 0.15) is 17.0 Å². The van der Waals surface area contributed by atoms with Gasteiger partial charge in [0.05, 0.1) is 11.1 Å². The molecule has 0 amide bonds. The van der Waals surface area contributed by atoms with Gasteiger partial charge in [-0.1, -0.05) is 11.8 Å². The van der Waals surface area contributed by atoms with Crippen LogP contribution in [0.5, 0.6) is 0 Å². The number of nitrogens with zero attached hydrogens (tertiary/aromatic N) is 4. The molecule has 0 unspecified atom stereocenters. The van der Waals surface area contributed by atoms with Crippen LogP contribution in [-0.2, 0) is 12.3 Å². The SMILES string of the molecule is CCn1cnnc1SCc1nc2scc(-c3ccc(C)s3)c2c(=O)[nH]1. The summed E-state index contributed by atoms with van der Waals surface area (Å²) < 4.78 is 1.96. The maximum atomic E-state index is 12.6. The first-order valence-corrected chi connectivity index (χ1v) is 10.4. The molecule has 0 saturated heterocycles. The van der Waals surface area contributed by atoms with Crippen molar-refractivity contribution in [3.63, 3.8) is 0 Å². The first kappa shape index (κ1) is 16.5. The molecule has 0 aliphatic carbocycles. The number of aromatic amines is 1. The molecule has 6 nitrogen and oxygen atoms in total. The zero-order chi connectivity index (χ0) is 17.4. The molecule has 0 bridgehead atoms. The molecule has 0 saturated carbocycles. The number of aromatic nitrogens is 5. The smallest absolute Gasteiger partial charge is 0.260 e. The van der Waals surface area contributed by atoms with Gasteiger partial charge in [-0.2, -0.15) is 0 Å². The zero-order valence-corrected chi connectivity index (χ0v) is 16.1. The van der Waals surface area contributed by atoms with Crippen molar-refractivity contribution in [1.29, 1.82) is 0 Å². The van der Waals surface area contributed by atoms with Crippen LogP contribution in [0.4, 0.5) is 0 Å². The molecule has 0 aliphatic rings. The predicted octanol–water partition coefficient (Wildman–Crippen LogP) is 3.93. The minimum atomic E-state index is -0.0835. The predicted molar refractivity (Wildman–Crippen MR) is 104 cm³/mol. The van der Waals surface area contributed by atoms with E-state index < -0.39 is 0 Å². The molecule has 4 aromatic heterocycles. The second kappa shape index (κ2) is 6.74. The standard InChI is InChI=1S/C16H15N5OS3/c1-3-21-8-17-20-16(21)24-7-12-18-14(22)13-10(6-23-15(13)19-12)11-5-4-9(2)25-11/h4-6,8H,3,7H2,1-2H3,(H,18,19,22). The van der Waals surface area contributed by atoms with E-state index in [9.17, 15) is 4.79 Å². The number of rotatable bonds is 5. The summed E-state index contributed by atoms with van der Waals surface area (Å²) in [4.78, 5) is 23.3. The summed E-state index contributed by atoms with van der Waals surface area (Å²) in [7, 11) is 0. The summed E-state index contributed by atoms with van der Waals surface area (Å²) in [5, 5.41) is 11.5. The van der Waals surface area contributed by atoms with Gasteiger partial charge in [-0.25, -0.2) is 4.98 Å². The largest absolute Gasteiger partial charge is 0.309 e. The van der Waals surface area contributed by atoms with Gasteiger partial charge in [0, 0.05) is 27.2 Å². The van der Waals surface area contributed by atoms with E-state index in [4.69, 9.17) is 0 Å². The van der Waals surface area contributed by atoms with Crippen LogP contribution in [-0.4, -0.2) is 24.7 Å². The number of H-pyrrole nitrogens is 1. The number of fused-ring (bicyclic) bond motifs is 1. The van der Waals surface area contributed by atoms with Crippen molar-refractivity contribution in [2.75, 3.05) is 0 Å². The van der Waals surface area contributed by atoms with E-state index >= 15 is 0 Å². The Bertz CT molecular complexity index is 1090. The van der Waals surface area contributed by atoms with E-state index in [2.05, 4.69) is 39.2 Å². The Labute approximate surface area is 156 Å². The van der Waals surface area contributed by atoms with E-state index in [0.29, 0.717) is 17.0 Å². The molecule has 4 rings (SSSR count). The number of nitrogens with one attached hydrogen (secondary N) is 1. The van der Waals surface area contributed by atoms with Crippen LogP contribution in [0.2, 0.25) is 0 Å². The van der Waals surface area contributed by atoms with E-state index in [1.807, 2.05) is 16.9 Å². The summed E-state index contributed by atoms with van der Waals surface area (Å²) in [6.07, 6.45) is 1.70.